The molecule has 100 valence electrons. The van der Waals surface area contributed by atoms with Crippen molar-refractivity contribution in [2.75, 3.05) is 24.5 Å². The second kappa shape index (κ2) is 6.44. The van der Waals surface area contributed by atoms with Crippen LogP contribution in [0, 0.1) is 5.92 Å². The van der Waals surface area contributed by atoms with Crippen molar-refractivity contribution in [1.82, 2.24) is 5.32 Å². The van der Waals surface area contributed by atoms with Crippen LogP contribution in [-0.4, -0.2) is 19.6 Å². The van der Waals surface area contributed by atoms with Crippen LogP contribution in [0.4, 0.5) is 5.69 Å². The highest BCUT2D eigenvalue weighted by Gasteiger charge is 2.18. The van der Waals surface area contributed by atoms with E-state index in [2.05, 4.69) is 36.2 Å². The molecule has 1 aliphatic heterocycles. The van der Waals surface area contributed by atoms with Crippen LogP contribution in [0.25, 0.3) is 0 Å². The first-order valence-electron chi connectivity index (χ1n) is 6.94. The fraction of sp³-hybridized carbons (Fsp3) is 0.600. The van der Waals surface area contributed by atoms with Crippen molar-refractivity contribution in [3.05, 3.63) is 28.8 Å². The Balaban J connectivity index is 2.20. The summed E-state index contributed by atoms with van der Waals surface area (Å²) in [5, 5.41) is 4.24. The number of hydrogen-bond acceptors (Lipinski definition) is 2. The van der Waals surface area contributed by atoms with Gasteiger partial charge in [0, 0.05) is 30.3 Å². The molecule has 0 spiro atoms. The van der Waals surface area contributed by atoms with E-state index in [0.717, 1.165) is 37.1 Å². The van der Waals surface area contributed by atoms with Crippen LogP contribution in [0.15, 0.2) is 18.2 Å². The molecule has 0 aromatic heterocycles. The molecule has 0 aliphatic carbocycles. The molecular weight excluding hydrogens is 244 g/mol. The molecule has 0 saturated carbocycles. The molecule has 0 radical (unpaired) electrons. The van der Waals surface area contributed by atoms with E-state index in [4.69, 9.17) is 11.6 Å². The molecule has 18 heavy (non-hydrogen) atoms. The molecule has 0 amide bonds. The maximum absolute atomic E-state index is 6.16. The molecule has 1 unspecified atom stereocenters. The highest BCUT2D eigenvalue weighted by atomic mass is 35.5. The molecule has 1 saturated heterocycles. The Morgan fingerprint density at radius 2 is 2.28 bits per heavy atom. The third kappa shape index (κ3) is 3.39. The van der Waals surface area contributed by atoms with Crippen molar-refractivity contribution in [1.29, 1.82) is 0 Å². The van der Waals surface area contributed by atoms with E-state index < -0.39 is 0 Å². The average molecular weight is 267 g/mol. The Bertz CT molecular complexity index is 392. The Kier molecular flexibility index (Phi) is 4.90. The lowest BCUT2D eigenvalue weighted by molar-refractivity contribution is 0.446. The minimum atomic E-state index is 0.782. The summed E-state index contributed by atoms with van der Waals surface area (Å²) in [4.78, 5) is 2.49. The second-order valence-corrected chi connectivity index (χ2v) is 5.68. The molecule has 1 aromatic rings. The zero-order chi connectivity index (χ0) is 13.0. The molecule has 2 nitrogen and oxygen atoms in total. The monoisotopic (exact) mass is 266 g/mol. The zero-order valence-electron chi connectivity index (χ0n) is 11.4. The van der Waals surface area contributed by atoms with Crippen LogP contribution >= 0.6 is 11.6 Å². The van der Waals surface area contributed by atoms with Crippen LogP contribution in [0.2, 0.25) is 5.02 Å². The van der Waals surface area contributed by atoms with Crippen LogP contribution in [0.1, 0.15) is 32.3 Å². The molecule has 0 bridgehead atoms. The number of benzene rings is 1. The summed E-state index contributed by atoms with van der Waals surface area (Å²) >= 11 is 6.16. The maximum atomic E-state index is 6.16. The van der Waals surface area contributed by atoms with Gasteiger partial charge in [0.05, 0.1) is 0 Å². The van der Waals surface area contributed by atoms with Gasteiger partial charge in [0.1, 0.15) is 0 Å². The van der Waals surface area contributed by atoms with Gasteiger partial charge in [-0.2, -0.15) is 0 Å². The van der Waals surface area contributed by atoms with Gasteiger partial charge < -0.3 is 10.2 Å². The number of rotatable bonds is 4. The summed E-state index contributed by atoms with van der Waals surface area (Å²) in [6, 6.07) is 6.26. The normalized spacial score (nSPS) is 20.2. The molecular formula is C15H23ClN2. The topological polar surface area (TPSA) is 15.3 Å². The number of anilines is 1. The van der Waals surface area contributed by atoms with Crippen molar-refractivity contribution < 1.29 is 0 Å². The Morgan fingerprint density at radius 1 is 1.44 bits per heavy atom. The van der Waals surface area contributed by atoms with Gasteiger partial charge in [0.2, 0.25) is 0 Å². The molecule has 3 heteroatoms. The lowest BCUT2D eigenvalue weighted by atomic mass is 9.99. The van der Waals surface area contributed by atoms with E-state index in [1.807, 2.05) is 6.07 Å². The Labute approximate surface area is 115 Å². The third-order valence-corrected chi connectivity index (χ3v) is 3.85. The van der Waals surface area contributed by atoms with Crippen LogP contribution in [-0.2, 0) is 6.54 Å². The number of nitrogens with zero attached hydrogens (tertiary/aromatic N) is 1. The minimum absolute atomic E-state index is 0.782. The molecule has 1 aromatic carbocycles. The van der Waals surface area contributed by atoms with Crippen molar-refractivity contribution >= 4 is 17.3 Å². The number of nitrogens with one attached hydrogen (secondary N) is 1. The minimum Gasteiger partial charge on any atom is -0.371 e. The van der Waals surface area contributed by atoms with Gasteiger partial charge in [0.15, 0.2) is 0 Å². The summed E-state index contributed by atoms with van der Waals surface area (Å²) in [6.07, 6.45) is 2.63. The smallest absolute Gasteiger partial charge is 0.0426 e. The Morgan fingerprint density at radius 3 is 3.00 bits per heavy atom. The summed E-state index contributed by atoms with van der Waals surface area (Å²) in [6.45, 7) is 8.70. The quantitative estimate of drug-likeness (QED) is 0.894. The van der Waals surface area contributed by atoms with E-state index in [9.17, 15) is 0 Å². The van der Waals surface area contributed by atoms with Gasteiger partial charge in [-0.05, 0) is 43.0 Å². The predicted octanol–water partition coefficient (Wildman–Crippen LogP) is 3.69. The van der Waals surface area contributed by atoms with Crippen molar-refractivity contribution in [2.45, 2.75) is 33.2 Å². The van der Waals surface area contributed by atoms with Gasteiger partial charge in [-0.1, -0.05) is 31.5 Å². The highest BCUT2D eigenvalue weighted by molar-refractivity contribution is 6.30. The summed E-state index contributed by atoms with van der Waals surface area (Å²) in [5.74, 6) is 0.782. The maximum Gasteiger partial charge on any atom is 0.0426 e. The fourth-order valence-corrected chi connectivity index (χ4v) is 2.82. The first-order chi connectivity index (χ1) is 8.70. The third-order valence-electron chi connectivity index (χ3n) is 3.61. The zero-order valence-corrected chi connectivity index (χ0v) is 12.1. The second-order valence-electron chi connectivity index (χ2n) is 5.25. The molecule has 1 fully saturated rings. The standard InChI is InChI=1S/C15H23ClN2/c1-3-17-10-13-6-7-14(16)9-15(13)18-8-4-5-12(2)11-18/h6-7,9,12,17H,3-5,8,10-11H2,1-2H3. The van der Waals surface area contributed by atoms with E-state index >= 15 is 0 Å². The highest BCUT2D eigenvalue weighted by Crippen LogP contribution is 2.29. The fourth-order valence-electron chi connectivity index (χ4n) is 2.65. The van der Waals surface area contributed by atoms with E-state index in [1.165, 1.54) is 24.1 Å². The molecule has 1 atom stereocenters. The number of hydrogen-bond donors (Lipinski definition) is 1. The van der Waals surface area contributed by atoms with Crippen molar-refractivity contribution in [3.8, 4) is 0 Å². The van der Waals surface area contributed by atoms with E-state index in [0.29, 0.717) is 0 Å². The van der Waals surface area contributed by atoms with Crippen molar-refractivity contribution in [3.63, 3.8) is 0 Å². The van der Waals surface area contributed by atoms with Gasteiger partial charge >= 0.3 is 0 Å². The van der Waals surface area contributed by atoms with Gasteiger partial charge in [-0.25, -0.2) is 0 Å². The van der Waals surface area contributed by atoms with Gasteiger partial charge in [-0.3, -0.25) is 0 Å². The lowest BCUT2D eigenvalue weighted by Gasteiger charge is -2.34. The lowest BCUT2D eigenvalue weighted by Crippen LogP contribution is -2.35. The average Bonchev–Trinajstić information content (AvgIpc) is 2.37. The summed E-state index contributed by atoms with van der Waals surface area (Å²) in [5.41, 5.74) is 2.67. The number of halogens is 1. The predicted molar refractivity (Wildman–Crippen MR) is 79.4 cm³/mol. The summed E-state index contributed by atoms with van der Waals surface area (Å²) in [7, 11) is 0. The first kappa shape index (κ1) is 13.7. The van der Waals surface area contributed by atoms with E-state index in [1.54, 1.807) is 0 Å². The van der Waals surface area contributed by atoms with Crippen LogP contribution < -0.4 is 10.2 Å². The van der Waals surface area contributed by atoms with Crippen LogP contribution in [0.5, 0.6) is 0 Å². The largest absolute Gasteiger partial charge is 0.371 e. The van der Waals surface area contributed by atoms with Crippen LogP contribution in [0.3, 0.4) is 0 Å². The first-order valence-corrected chi connectivity index (χ1v) is 7.32. The molecule has 1 heterocycles. The van der Waals surface area contributed by atoms with E-state index in [-0.39, 0.29) is 0 Å². The van der Waals surface area contributed by atoms with Gasteiger partial charge in [-0.15, -0.1) is 0 Å². The van der Waals surface area contributed by atoms with Crippen molar-refractivity contribution in [2.24, 2.45) is 5.92 Å². The SMILES string of the molecule is CCNCc1ccc(Cl)cc1N1CCCC(C)C1. The molecule has 1 N–H and O–H groups in total. The number of piperidine rings is 1. The summed E-state index contributed by atoms with van der Waals surface area (Å²) < 4.78 is 0. The van der Waals surface area contributed by atoms with Gasteiger partial charge in [0.25, 0.3) is 0 Å². The Hall–Kier alpha value is -0.730. The molecule has 2 rings (SSSR count). The molecule has 1 aliphatic rings.